The molecule has 0 aliphatic carbocycles. The van der Waals surface area contributed by atoms with Gasteiger partial charge < -0.3 is 19.7 Å². The Morgan fingerprint density at radius 1 is 0.952 bits per heavy atom. The van der Waals surface area contributed by atoms with Gasteiger partial charge in [-0.3, -0.25) is 9.69 Å². The highest BCUT2D eigenvalue weighted by Gasteiger charge is 2.27. The molecule has 0 saturated carbocycles. The summed E-state index contributed by atoms with van der Waals surface area (Å²) >= 11 is 0. The Kier molecular flexibility index (Phi) is 7.64. The highest BCUT2D eigenvalue weighted by molar-refractivity contribution is 7.91. The lowest BCUT2D eigenvalue weighted by Crippen LogP contribution is -2.47. The highest BCUT2D eigenvalue weighted by atomic mass is 32.2. The first kappa shape index (κ1) is 28.2. The summed E-state index contributed by atoms with van der Waals surface area (Å²) in [6.45, 7) is 3.85. The summed E-state index contributed by atoms with van der Waals surface area (Å²) < 4.78 is 55.3. The van der Waals surface area contributed by atoms with Gasteiger partial charge in [0.05, 0.1) is 17.2 Å². The van der Waals surface area contributed by atoms with Crippen LogP contribution in [0.4, 0.5) is 20.4 Å². The van der Waals surface area contributed by atoms with Crippen LogP contribution in [0.25, 0.3) is 16.7 Å². The van der Waals surface area contributed by atoms with Crippen LogP contribution < -0.4 is 5.32 Å². The minimum Gasteiger partial charge on any atom is -0.336 e. The predicted octanol–water partition coefficient (Wildman–Crippen LogP) is 3.06. The van der Waals surface area contributed by atoms with E-state index in [1.165, 1.54) is 4.90 Å². The number of nitrogens with zero attached hydrogens (tertiary/aromatic N) is 6. The van der Waals surface area contributed by atoms with Crippen molar-refractivity contribution < 1.29 is 22.0 Å². The fourth-order valence-electron chi connectivity index (χ4n) is 5.25. The normalized spacial score (nSPS) is 17.9. The Morgan fingerprint density at radius 3 is 2.29 bits per heavy atom. The lowest BCUT2D eigenvalue weighted by molar-refractivity contribution is 0.0654. The van der Waals surface area contributed by atoms with Gasteiger partial charge in [0.2, 0.25) is 5.95 Å². The second-order valence-electron chi connectivity index (χ2n) is 10.8. The average Bonchev–Trinajstić information content (AvgIpc) is 3.38. The van der Waals surface area contributed by atoms with Gasteiger partial charge in [-0.15, -0.1) is 0 Å². The molecule has 42 heavy (non-hydrogen) atoms. The molecule has 2 aliphatic heterocycles. The maximum atomic E-state index is 15.2. The number of hydrogen-bond donors (Lipinski definition) is 1. The van der Waals surface area contributed by atoms with Gasteiger partial charge in [-0.05, 0) is 42.9 Å². The molecule has 1 amide bonds. The maximum Gasteiger partial charge on any atom is 0.259 e. The summed E-state index contributed by atoms with van der Waals surface area (Å²) in [6, 6.07) is 11.8. The molecule has 13 heteroatoms. The molecule has 2 saturated heterocycles. The van der Waals surface area contributed by atoms with Crippen molar-refractivity contribution in [3.8, 4) is 5.69 Å². The van der Waals surface area contributed by atoms with Crippen LogP contribution in [0.2, 0.25) is 0 Å². The smallest absolute Gasteiger partial charge is 0.259 e. The topological polar surface area (TPSA) is 104 Å². The maximum absolute atomic E-state index is 15.2. The molecule has 2 aliphatic rings. The number of sulfone groups is 1. The van der Waals surface area contributed by atoms with E-state index >= 15 is 8.78 Å². The number of nitrogens with one attached hydrogen (secondary N) is 1. The Bertz CT molecular complexity index is 1700. The van der Waals surface area contributed by atoms with Gasteiger partial charge >= 0.3 is 0 Å². The van der Waals surface area contributed by atoms with Gasteiger partial charge in [0, 0.05) is 69.3 Å². The molecular weight excluding hydrogens is 564 g/mol. The molecule has 0 atom stereocenters. The summed E-state index contributed by atoms with van der Waals surface area (Å²) in [5.74, 6) is -1.81. The minimum atomic E-state index is -2.92. The van der Waals surface area contributed by atoms with E-state index in [1.807, 2.05) is 31.3 Å². The van der Waals surface area contributed by atoms with Crippen LogP contribution >= 0.6 is 0 Å². The predicted molar refractivity (Wildman–Crippen MR) is 156 cm³/mol. The molecular formula is C29H31F2N7O3S. The van der Waals surface area contributed by atoms with Crippen molar-refractivity contribution in [1.82, 2.24) is 29.2 Å². The molecule has 10 nitrogen and oxygen atoms in total. The summed E-state index contributed by atoms with van der Waals surface area (Å²) in [5, 5.41) is 3.84. The summed E-state index contributed by atoms with van der Waals surface area (Å²) in [7, 11) is -0.978. The second-order valence-corrected chi connectivity index (χ2v) is 13.1. The Labute approximate surface area is 242 Å². The van der Waals surface area contributed by atoms with Crippen molar-refractivity contribution in [2.24, 2.45) is 0 Å². The van der Waals surface area contributed by atoms with Crippen LogP contribution in [0.3, 0.4) is 0 Å². The number of benzene rings is 2. The second kappa shape index (κ2) is 11.4. The molecule has 2 aromatic heterocycles. The first-order chi connectivity index (χ1) is 20.1. The molecule has 0 bridgehead atoms. The van der Waals surface area contributed by atoms with Crippen LogP contribution in [-0.4, -0.2) is 101 Å². The zero-order valence-corrected chi connectivity index (χ0v) is 23.9. The lowest BCUT2D eigenvalue weighted by Gasteiger charge is -2.32. The summed E-state index contributed by atoms with van der Waals surface area (Å²) in [6.07, 6.45) is 3.28. The third-order valence-electron chi connectivity index (χ3n) is 7.79. The first-order valence-corrected chi connectivity index (χ1v) is 15.6. The van der Waals surface area contributed by atoms with E-state index in [2.05, 4.69) is 25.1 Å². The van der Waals surface area contributed by atoms with Crippen molar-refractivity contribution in [3.63, 3.8) is 0 Å². The van der Waals surface area contributed by atoms with E-state index in [9.17, 15) is 13.2 Å². The molecule has 2 fully saturated rings. The number of carbonyl (C=O) groups excluding carboxylic acids is 1. The van der Waals surface area contributed by atoms with Gasteiger partial charge in [0.1, 0.15) is 22.8 Å². The number of anilines is 2. The standard InChI is InChI=1S/C29H31F2N7O3S/c1-35-8-10-37(11-9-35)28(39)26-24(30)16-23(17-25(26)31)38-7-6-21-18-32-29(34-27(21)38)33-22-4-2-20(3-5-22)19-36-12-14-42(40,41)15-13-36/h2-7,16-18H,8-15,19H2,1H3,(H,32,33,34). The molecule has 4 heterocycles. The molecule has 0 spiro atoms. The van der Waals surface area contributed by atoms with Crippen LogP contribution in [0.1, 0.15) is 15.9 Å². The number of aromatic nitrogens is 3. The van der Waals surface area contributed by atoms with Crippen LogP contribution in [0.15, 0.2) is 54.9 Å². The number of fused-ring (bicyclic) bond motifs is 1. The average molecular weight is 596 g/mol. The zero-order chi connectivity index (χ0) is 29.4. The van der Waals surface area contributed by atoms with Gasteiger partial charge in [-0.2, -0.15) is 4.98 Å². The monoisotopic (exact) mass is 595 g/mol. The zero-order valence-electron chi connectivity index (χ0n) is 23.1. The van der Waals surface area contributed by atoms with Gasteiger partial charge in [-0.25, -0.2) is 22.2 Å². The number of likely N-dealkylation sites (N-methyl/N-ethyl adjacent to an activating group) is 1. The number of hydrogen-bond acceptors (Lipinski definition) is 8. The third kappa shape index (κ3) is 5.98. The molecule has 0 radical (unpaired) electrons. The van der Waals surface area contributed by atoms with Crippen molar-refractivity contribution >= 4 is 38.4 Å². The van der Waals surface area contributed by atoms with E-state index < -0.39 is 32.9 Å². The quantitative estimate of drug-likeness (QED) is 0.363. The Morgan fingerprint density at radius 2 is 1.62 bits per heavy atom. The van der Waals surface area contributed by atoms with Crippen LogP contribution in [0, 0.1) is 11.6 Å². The number of halogens is 2. The number of amides is 1. The molecule has 0 unspecified atom stereocenters. The molecule has 2 aromatic carbocycles. The largest absolute Gasteiger partial charge is 0.336 e. The van der Waals surface area contributed by atoms with E-state index in [4.69, 9.17) is 0 Å². The van der Waals surface area contributed by atoms with Crippen molar-refractivity contribution in [3.05, 3.63) is 77.6 Å². The van der Waals surface area contributed by atoms with E-state index in [0.717, 1.165) is 23.4 Å². The fraction of sp³-hybridized carbons (Fsp3) is 0.345. The van der Waals surface area contributed by atoms with Crippen LogP contribution in [-0.2, 0) is 16.4 Å². The van der Waals surface area contributed by atoms with E-state index in [-0.39, 0.29) is 17.2 Å². The minimum absolute atomic E-state index is 0.187. The van der Waals surface area contributed by atoms with Crippen LogP contribution in [0.5, 0.6) is 0 Å². The number of rotatable bonds is 6. The van der Waals surface area contributed by atoms with Gasteiger partial charge in [0.15, 0.2) is 9.84 Å². The van der Waals surface area contributed by atoms with Crippen molar-refractivity contribution in [1.29, 1.82) is 0 Å². The highest BCUT2D eigenvalue weighted by Crippen LogP contribution is 2.25. The molecule has 4 aromatic rings. The van der Waals surface area contributed by atoms with E-state index in [1.54, 1.807) is 23.0 Å². The fourth-order valence-corrected chi connectivity index (χ4v) is 6.52. The van der Waals surface area contributed by atoms with E-state index in [0.29, 0.717) is 62.8 Å². The molecule has 6 rings (SSSR count). The lowest BCUT2D eigenvalue weighted by atomic mass is 10.1. The summed E-state index contributed by atoms with van der Waals surface area (Å²) in [4.78, 5) is 27.5. The van der Waals surface area contributed by atoms with Crippen molar-refractivity contribution in [2.75, 3.05) is 63.1 Å². The van der Waals surface area contributed by atoms with Gasteiger partial charge in [0.25, 0.3) is 5.91 Å². The van der Waals surface area contributed by atoms with Crippen molar-refractivity contribution in [2.45, 2.75) is 6.54 Å². The number of carbonyl (C=O) groups is 1. The molecule has 220 valence electrons. The SMILES string of the molecule is CN1CCN(C(=O)c2c(F)cc(-n3ccc4cnc(Nc5ccc(CN6CCS(=O)(=O)CC6)cc5)nc43)cc2F)CC1. The Balaban J connectivity index is 1.18. The Hall–Kier alpha value is -3.94. The third-order valence-corrected chi connectivity index (χ3v) is 9.40. The molecule has 1 N–H and O–H groups in total. The van der Waals surface area contributed by atoms with Gasteiger partial charge in [-0.1, -0.05) is 12.1 Å². The number of piperazine rings is 1. The first-order valence-electron chi connectivity index (χ1n) is 13.8. The summed E-state index contributed by atoms with van der Waals surface area (Å²) in [5.41, 5.74) is 1.91.